The number of hydrogen-bond donors (Lipinski definition) is 1. The van der Waals surface area contributed by atoms with Crippen molar-refractivity contribution >= 4 is 9.84 Å². The Bertz CT molecular complexity index is 567. The second-order valence-corrected chi connectivity index (χ2v) is 7.74. The fourth-order valence-corrected chi connectivity index (χ4v) is 4.80. The van der Waals surface area contributed by atoms with Crippen molar-refractivity contribution in [2.24, 2.45) is 5.73 Å². The van der Waals surface area contributed by atoms with Crippen LogP contribution in [0.25, 0.3) is 0 Å². The maximum absolute atomic E-state index is 11.9. The van der Waals surface area contributed by atoms with Crippen LogP contribution in [0.5, 0.6) is 0 Å². The first kappa shape index (κ1) is 15.5. The van der Waals surface area contributed by atoms with Gasteiger partial charge in [0.2, 0.25) is 0 Å². The Morgan fingerprint density at radius 2 is 1.85 bits per heavy atom. The van der Waals surface area contributed by atoms with Crippen molar-refractivity contribution in [3.8, 4) is 0 Å². The molecule has 1 aliphatic carbocycles. The largest absolute Gasteiger partial charge is 0.380 e. The van der Waals surface area contributed by atoms with Crippen LogP contribution in [-0.2, 0) is 21.0 Å². The molecular weight excluding hydrogens is 274 g/mol. The fourth-order valence-electron chi connectivity index (χ4n) is 2.97. The molecule has 1 saturated carbocycles. The first-order valence-corrected chi connectivity index (χ1v) is 8.94. The second-order valence-electron chi connectivity index (χ2n) is 5.57. The van der Waals surface area contributed by atoms with Crippen LogP contribution in [0.4, 0.5) is 0 Å². The first-order chi connectivity index (χ1) is 9.34. The predicted molar refractivity (Wildman–Crippen MR) is 80.6 cm³/mol. The maximum atomic E-state index is 11.9. The highest BCUT2D eigenvalue weighted by atomic mass is 32.2. The van der Waals surface area contributed by atoms with Gasteiger partial charge in [-0.3, -0.25) is 0 Å². The van der Waals surface area contributed by atoms with Gasteiger partial charge in [-0.2, -0.15) is 0 Å². The standard InChI is InChI=1S/C15H23NO3S/c1-4-11-6-8-12(9-7-11)13-14(20(3,17)18)15(13,16)10-19-5-2/h6-9,13-14H,4-5,10,16H2,1-3H3/t13-,14+,15-/m1/s1. The molecule has 1 aliphatic rings. The van der Waals surface area contributed by atoms with Gasteiger partial charge in [0.25, 0.3) is 0 Å². The minimum absolute atomic E-state index is 0.171. The quantitative estimate of drug-likeness (QED) is 0.864. The molecule has 112 valence electrons. The van der Waals surface area contributed by atoms with Crippen molar-refractivity contribution in [1.82, 2.24) is 0 Å². The van der Waals surface area contributed by atoms with Gasteiger partial charge < -0.3 is 10.5 Å². The minimum atomic E-state index is -3.19. The van der Waals surface area contributed by atoms with Crippen LogP contribution in [0.1, 0.15) is 30.9 Å². The van der Waals surface area contributed by atoms with E-state index in [0.29, 0.717) is 6.61 Å². The second kappa shape index (κ2) is 5.47. The number of benzene rings is 1. The number of ether oxygens (including phenoxy) is 1. The lowest BCUT2D eigenvalue weighted by Crippen LogP contribution is -2.36. The van der Waals surface area contributed by atoms with Crippen LogP contribution >= 0.6 is 0 Å². The Hall–Kier alpha value is -0.910. The number of sulfone groups is 1. The van der Waals surface area contributed by atoms with Gasteiger partial charge >= 0.3 is 0 Å². The molecule has 20 heavy (non-hydrogen) atoms. The molecule has 0 heterocycles. The van der Waals surface area contributed by atoms with E-state index >= 15 is 0 Å². The van der Waals surface area contributed by atoms with Gasteiger partial charge in [-0.15, -0.1) is 0 Å². The lowest BCUT2D eigenvalue weighted by Gasteiger charge is -2.11. The summed E-state index contributed by atoms with van der Waals surface area (Å²) in [6.45, 7) is 4.79. The molecular formula is C15H23NO3S. The van der Waals surface area contributed by atoms with Crippen molar-refractivity contribution in [3.63, 3.8) is 0 Å². The van der Waals surface area contributed by atoms with Gasteiger partial charge in [0.05, 0.1) is 17.4 Å². The summed E-state index contributed by atoms with van der Waals surface area (Å²) in [4.78, 5) is 0. The van der Waals surface area contributed by atoms with Crippen LogP contribution in [0.2, 0.25) is 0 Å². The summed E-state index contributed by atoms with van der Waals surface area (Å²) >= 11 is 0. The highest BCUT2D eigenvalue weighted by molar-refractivity contribution is 7.91. The minimum Gasteiger partial charge on any atom is -0.380 e. The van der Waals surface area contributed by atoms with Crippen LogP contribution in [0, 0.1) is 0 Å². The van der Waals surface area contributed by atoms with E-state index in [4.69, 9.17) is 10.5 Å². The zero-order valence-electron chi connectivity index (χ0n) is 12.3. The summed E-state index contributed by atoms with van der Waals surface area (Å²) in [7, 11) is -3.19. The Balaban J connectivity index is 2.28. The highest BCUT2D eigenvalue weighted by Crippen LogP contribution is 2.54. The molecule has 2 rings (SSSR count). The topological polar surface area (TPSA) is 69.4 Å². The van der Waals surface area contributed by atoms with Gasteiger partial charge in [0.15, 0.2) is 9.84 Å². The molecule has 0 saturated heterocycles. The summed E-state index contributed by atoms with van der Waals surface area (Å²) in [5, 5.41) is -0.547. The zero-order chi connectivity index (χ0) is 15.0. The van der Waals surface area contributed by atoms with E-state index in [2.05, 4.69) is 6.92 Å². The average molecular weight is 297 g/mol. The normalized spacial score (nSPS) is 29.4. The fraction of sp³-hybridized carbons (Fsp3) is 0.600. The molecule has 0 bridgehead atoms. The molecule has 5 heteroatoms. The van der Waals surface area contributed by atoms with Gasteiger partial charge in [0.1, 0.15) is 0 Å². The van der Waals surface area contributed by atoms with E-state index in [1.807, 2.05) is 31.2 Å². The first-order valence-electron chi connectivity index (χ1n) is 6.99. The molecule has 0 spiro atoms. The molecule has 3 atom stereocenters. The molecule has 1 aromatic carbocycles. The Morgan fingerprint density at radius 1 is 1.25 bits per heavy atom. The summed E-state index contributed by atoms with van der Waals surface area (Å²) in [5.74, 6) is -0.171. The van der Waals surface area contributed by atoms with Crippen molar-refractivity contribution < 1.29 is 13.2 Å². The lowest BCUT2D eigenvalue weighted by molar-refractivity contribution is 0.125. The van der Waals surface area contributed by atoms with Crippen LogP contribution in [0.15, 0.2) is 24.3 Å². The Kier molecular flexibility index (Phi) is 4.23. The van der Waals surface area contributed by atoms with E-state index in [-0.39, 0.29) is 12.5 Å². The van der Waals surface area contributed by atoms with E-state index in [9.17, 15) is 8.42 Å². The van der Waals surface area contributed by atoms with E-state index in [1.165, 1.54) is 11.8 Å². The molecule has 1 aromatic rings. The average Bonchev–Trinajstić information content (AvgIpc) is 3.03. The van der Waals surface area contributed by atoms with Crippen molar-refractivity contribution in [2.45, 2.75) is 37.0 Å². The number of aryl methyl sites for hydroxylation is 1. The van der Waals surface area contributed by atoms with Crippen molar-refractivity contribution in [2.75, 3.05) is 19.5 Å². The molecule has 2 N–H and O–H groups in total. The summed E-state index contributed by atoms with van der Waals surface area (Å²) in [6, 6.07) is 8.05. The molecule has 0 amide bonds. The molecule has 0 radical (unpaired) electrons. The monoisotopic (exact) mass is 297 g/mol. The maximum Gasteiger partial charge on any atom is 0.152 e. The van der Waals surface area contributed by atoms with Gasteiger partial charge in [-0.1, -0.05) is 31.2 Å². The molecule has 0 aliphatic heterocycles. The Morgan fingerprint density at radius 3 is 2.30 bits per heavy atom. The summed E-state index contributed by atoms with van der Waals surface area (Å²) in [5.41, 5.74) is 7.73. The van der Waals surface area contributed by atoms with E-state index in [0.717, 1.165) is 12.0 Å². The third kappa shape index (κ3) is 2.75. The lowest BCUT2D eigenvalue weighted by atomic mass is 10.0. The summed E-state index contributed by atoms with van der Waals surface area (Å²) < 4.78 is 29.3. The molecule has 1 fully saturated rings. The van der Waals surface area contributed by atoms with E-state index < -0.39 is 20.6 Å². The smallest absolute Gasteiger partial charge is 0.152 e. The van der Waals surface area contributed by atoms with Gasteiger partial charge in [0, 0.05) is 18.8 Å². The Labute approximate surface area is 121 Å². The van der Waals surface area contributed by atoms with Crippen molar-refractivity contribution in [3.05, 3.63) is 35.4 Å². The number of hydrogen-bond acceptors (Lipinski definition) is 4. The van der Waals surface area contributed by atoms with Crippen molar-refractivity contribution in [1.29, 1.82) is 0 Å². The van der Waals surface area contributed by atoms with Gasteiger partial charge in [-0.05, 0) is 24.5 Å². The molecule has 0 aromatic heterocycles. The highest BCUT2D eigenvalue weighted by Gasteiger charge is 2.67. The molecule has 4 nitrogen and oxygen atoms in total. The van der Waals surface area contributed by atoms with E-state index in [1.54, 1.807) is 0 Å². The van der Waals surface area contributed by atoms with Crippen LogP contribution < -0.4 is 5.73 Å². The number of nitrogens with two attached hydrogens (primary N) is 1. The summed E-state index contributed by atoms with van der Waals surface area (Å²) in [6.07, 6.45) is 2.22. The molecule has 0 unspecified atom stereocenters. The van der Waals surface area contributed by atoms with Crippen LogP contribution in [0.3, 0.4) is 0 Å². The zero-order valence-corrected chi connectivity index (χ0v) is 13.1. The van der Waals surface area contributed by atoms with Gasteiger partial charge in [-0.25, -0.2) is 8.42 Å². The predicted octanol–water partition coefficient (Wildman–Crippen LogP) is 1.49. The SMILES string of the molecule is CCOC[C@@]1(N)[C@H](c2ccc(CC)cc2)[C@@H]1S(C)(=O)=O. The third-order valence-corrected chi connectivity index (χ3v) is 5.70. The van der Waals surface area contributed by atoms with Crippen LogP contribution in [-0.4, -0.2) is 38.7 Å². The number of rotatable bonds is 6. The third-order valence-electron chi connectivity index (χ3n) is 4.07.